The zero-order valence-corrected chi connectivity index (χ0v) is 10.7. The number of nitrogens with zero attached hydrogens (tertiary/aromatic N) is 1. The lowest BCUT2D eigenvalue weighted by atomic mass is 10.1. The molecule has 6 heteroatoms. The average molecular weight is 273 g/mol. The molecule has 4 nitrogen and oxygen atoms in total. The highest BCUT2D eigenvalue weighted by molar-refractivity contribution is 6.30. The molecule has 0 amide bonds. The van der Waals surface area contributed by atoms with Crippen LogP contribution in [-0.2, 0) is 4.74 Å². The maximum Gasteiger partial charge on any atom is 0.282 e. The quantitative estimate of drug-likeness (QED) is 0.915. The van der Waals surface area contributed by atoms with Crippen molar-refractivity contribution in [2.45, 2.75) is 25.5 Å². The molecule has 1 aromatic carbocycles. The van der Waals surface area contributed by atoms with Crippen LogP contribution in [0.1, 0.15) is 13.3 Å². The van der Waals surface area contributed by atoms with Gasteiger partial charge >= 0.3 is 0 Å². The lowest BCUT2D eigenvalue weighted by Crippen LogP contribution is -2.20. The highest BCUT2D eigenvalue weighted by Crippen LogP contribution is 2.22. The van der Waals surface area contributed by atoms with E-state index in [0.29, 0.717) is 18.8 Å². The summed E-state index contributed by atoms with van der Waals surface area (Å²) in [6.07, 6.45) is 0.541. The Morgan fingerprint density at radius 2 is 2.44 bits per heavy atom. The molecule has 0 saturated heterocycles. The Balaban J connectivity index is 1.90. The number of ether oxygens (including phenoxy) is 2. The highest BCUT2D eigenvalue weighted by atomic mass is 35.5. The number of rotatable bonds is 4. The molecule has 0 unspecified atom stereocenters. The zero-order chi connectivity index (χ0) is 13.1. The minimum absolute atomic E-state index is 0.00264. The van der Waals surface area contributed by atoms with E-state index in [1.54, 1.807) is 6.07 Å². The Morgan fingerprint density at radius 3 is 3.06 bits per heavy atom. The third kappa shape index (κ3) is 3.26. The molecule has 0 fully saturated rings. The van der Waals surface area contributed by atoms with Gasteiger partial charge in [-0.15, -0.1) is 0 Å². The Morgan fingerprint density at radius 1 is 1.67 bits per heavy atom. The van der Waals surface area contributed by atoms with Crippen LogP contribution in [-0.4, -0.2) is 24.8 Å². The van der Waals surface area contributed by atoms with Gasteiger partial charge in [0.2, 0.25) is 0 Å². The molecule has 2 atom stereocenters. The number of nitrogens with two attached hydrogens (primary N) is 1. The van der Waals surface area contributed by atoms with E-state index < -0.39 is 5.82 Å². The fraction of sp³-hybridized carbons (Fsp3) is 0.417. The number of benzene rings is 1. The summed E-state index contributed by atoms with van der Waals surface area (Å²) in [5.41, 5.74) is 5.41. The number of hydrogen-bond donors (Lipinski definition) is 1. The summed E-state index contributed by atoms with van der Waals surface area (Å²) >= 11 is 5.59. The van der Waals surface area contributed by atoms with E-state index in [1.807, 2.05) is 6.92 Å². The number of hydrogen-bond acceptors (Lipinski definition) is 4. The van der Waals surface area contributed by atoms with Gasteiger partial charge in [-0.05, 0) is 19.1 Å². The summed E-state index contributed by atoms with van der Waals surface area (Å²) in [6.45, 7) is 2.35. The summed E-state index contributed by atoms with van der Waals surface area (Å²) in [5.74, 6) is -0.0481. The van der Waals surface area contributed by atoms with Crippen LogP contribution in [0.25, 0.3) is 0 Å². The second-order valence-corrected chi connectivity index (χ2v) is 4.58. The van der Waals surface area contributed by atoms with Crippen molar-refractivity contribution in [2.75, 3.05) is 6.61 Å². The van der Waals surface area contributed by atoms with E-state index in [1.165, 1.54) is 12.1 Å². The molecule has 0 aliphatic carbocycles. The Kier molecular flexibility index (Phi) is 3.91. The summed E-state index contributed by atoms with van der Waals surface area (Å²) in [7, 11) is 0. The maximum absolute atomic E-state index is 13.2. The zero-order valence-electron chi connectivity index (χ0n) is 9.90. The maximum atomic E-state index is 13.2. The average Bonchev–Trinajstić information content (AvgIpc) is 2.69. The van der Waals surface area contributed by atoms with Crippen molar-refractivity contribution >= 4 is 17.6 Å². The number of amidine groups is 1. The van der Waals surface area contributed by atoms with Crippen molar-refractivity contribution in [1.29, 1.82) is 0 Å². The van der Waals surface area contributed by atoms with E-state index >= 15 is 0 Å². The van der Waals surface area contributed by atoms with Crippen LogP contribution in [0.15, 0.2) is 23.2 Å². The fourth-order valence-electron chi connectivity index (χ4n) is 1.77. The minimum atomic E-state index is -0.493. The van der Waals surface area contributed by atoms with Crippen molar-refractivity contribution in [2.24, 2.45) is 10.7 Å². The third-order valence-corrected chi connectivity index (χ3v) is 2.87. The molecule has 18 heavy (non-hydrogen) atoms. The van der Waals surface area contributed by atoms with Crippen molar-refractivity contribution in [3.8, 4) is 5.75 Å². The van der Waals surface area contributed by atoms with Crippen LogP contribution in [0.4, 0.5) is 4.39 Å². The van der Waals surface area contributed by atoms with Gasteiger partial charge in [0, 0.05) is 12.5 Å². The second kappa shape index (κ2) is 5.44. The van der Waals surface area contributed by atoms with Crippen LogP contribution in [0.3, 0.4) is 0 Å². The van der Waals surface area contributed by atoms with Crippen LogP contribution in [0, 0.1) is 5.82 Å². The van der Waals surface area contributed by atoms with Crippen LogP contribution in [0.5, 0.6) is 5.75 Å². The van der Waals surface area contributed by atoms with Gasteiger partial charge in [-0.2, -0.15) is 0 Å². The van der Waals surface area contributed by atoms with E-state index in [-0.39, 0.29) is 23.2 Å². The minimum Gasteiger partial charge on any atom is -0.491 e. The predicted molar refractivity (Wildman–Crippen MR) is 67.5 cm³/mol. The molecule has 1 aromatic rings. The van der Waals surface area contributed by atoms with Gasteiger partial charge in [-0.25, -0.2) is 9.38 Å². The number of aliphatic imine (C=N–C) groups is 1. The lowest BCUT2D eigenvalue weighted by molar-refractivity contribution is 0.189. The molecule has 98 valence electrons. The Hall–Kier alpha value is -1.49. The van der Waals surface area contributed by atoms with Crippen molar-refractivity contribution in [3.05, 3.63) is 29.0 Å². The van der Waals surface area contributed by atoms with Crippen LogP contribution in [0.2, 0.25) is 5.02 Å². The van der Waals surface area contributed by atoms with E-state index in [9.17, 15) is 4.39 Å². The molecule has 0 saturated carbocycles. The first kappa shape index (κ1) is 13.0. The monoisotopic (exact) mass is 272 g/mol. The summed E-state index contributed by atoms with van der Waals surface area (Å²) in [4.78, 5) is 4.10. The molecule has 2 N–H and O–H groups in total. The largest absolute Gasteiger partial charge is 0.491 e. The molecule has 1 aliphatic rings. The summed E-state index contributed by atoms with van der Waals surface area (Å²) in [5, 5.41) is 0.0802. The first-order valence-electron chi connectivity index (χ1n) is 5.62. The molecular formula is C12H14ClFN2O2. The van der Waals surface area contributed by atoms with E-state index in [2.05, 4.69) is 4.99 Å². The van der Waals surface area contributed by atoms with Gasteiger partial charge in [-0.1, -0.05) is 11.6 Å². The smallest absolute Gasteiger partial charge is 0.282 e. The van der Waals surface area contributed by atoms with E-state index in [4.69, 9.17) is 26.8 Å². The van der Waals surface area contributed by atoms with Crippen molar-refractivity contribution in [1.82, 2.24) is 0 Å². The molecule has 1 heterocycles. The molecule has 0 spiro atoms. The molecule has 0 radical (unpaired) electrons. The van der Waals surface area contributed by atoms with Gasteiger partial charge in [-0.3, -0.25) is 0 Å². The molecular weight excluding hydrogens is 259 g/mol. The van der Waals surface area contributed by atoms with Gasteiger partial charge in [0.25, 0.3) is 6.02 Å². The Labute approximate surface area is 110 Å². The molecule has 1 aliphatic heterocycles. The first-order chi connectivity index (χ1) is 8.54. The van der Waals surface area contributed by atoms with Crippen LogP contribution < -0.4 is 10.5 Å². The summed E-state index contributed by atoms with van der Waals surface area (Å²) in [6, 6.07) is 4.57. The van der Waals surface area contributed by atoms with Gasteiger partial charge < -0.3 is 15.2 Å². The predicted octanol–water partition coefficient (Wildman–Crippen LogP) is 2.35. The summed E-state index contributed by atoms with van der Waals surface area (Å²) < 4.78 is 23.8. The SMILES string of the molecule is C[C@@H](C[C@@H]1COC(N)=N1)Oc1ccc(Cl)c(F)c1. The van der Waals surface area contributed by atoms with E-state index in [0.717, 1.165) is 0 Å². The second-order valence-electron chi connectivity index (χ2n) is 4.17. The Bertz CT molecular complexity index is 467. The third-order valence-electron chi connectivity index (χ3n) is 2.57. The highest BCUT2D eigenvalue weighted by Gasteiger charge is 2.20. The molecule has 2 rings (SSSR count). The van der Waals surface area contributed by atoms with Gasteiger partial charge in [0.05, 0.1) is 17.2 Å². The van der Waals surface area contributed by atoms with Gasteiger partial charge in [0.1, 0.15) is 18.2 Å². The fourth-order valence-corrected chi connectivity index (χ4v) is 1.89. The van der Waals surface area contributed by atoms with Crippen LogP contribution >= 0.6 is 11.6 Å². The molecule has 0 aromatic heterocycles. The van der Waals surface area contributed by atoms with Gasteiger partial charge in [0.15, 0.2) is 0 Å². The standard InChI is InChI=1S/C12H14ClFN2O2/c1-7(4-8-6-17-12(15)16-8)18-9-2-3-10(13)11(14)5-9/h2-3,5,7-8H,4,6H2,1H3,(H2,15,16)/t7-,8+/m0/s1. The lowest BCUT2D eigenvalue weighted by Gasteiger charge is -2.16. The number of halogens is 2. The normalized spacial score (nSPS) is 20.2. The van der Waals surface area contributed by atoms with Crippen molar-refractivity contribution < 1.29 is 13.9 Å². The van der Waals surface area contributed by atoms with Crippen molar-refractivity contribution in [3.63, 3.8) is 0 Å². The topological polar surface area (TPSA) is 56.8 Å². The first-order valence-corrected chi connectivity index (χ1v) is 6.00. The molecule has 0 bridgehead atoms.